The zero-order valence-electron chi connectivity index (χ0n) is 20.3. The summed E-state index contributed by atoms with van der Waals surface area (Å²) in [6.45, 7) is 4.45. The minimum Gasteiger partial charge on any atom is -0.344 e. The van der Waals surface area contributed by atoms with Crippen LogP contribution in [0.5, 0.6) is 0 Å². The zero-order valence-corrected chi connectivity index (χ0v) is 20.3. The van der Waals surface area contributed by atoms with Crippen LogP contribution in [0.2, 0.25) is 0 Å². The van der Waals surface area contributed by atoms with Gasteiger partial charge in [-0.25, -0.2) is 4.39 Å². The van der Waals surface area contributed by atoms with Crippen molar-refractivity contribution in [1.29, 1.82) is 0 Å². The molecule has 1 saturated carbocycles. The molecule has 0 aromatic heterocycles. The Morgan fingerprint density at radius 2 is 1.79 bits per heavy atom. The Morgan fingerprint density at radius 1 is 1.12 bits per heavy atom. The number of carbonyl (C=O) groups is 3. The number of nitrogens with one attached hydrogen (secondary N) is 2. The van der Waals surface area contributed by atoms with E-state index >= 15 is 0 Å². The molecule has 2 atom stereocenters. The number of likely N-dealkylation sites (N-methyl/N-ethyl adjacent to an activating group) is 1. The average Bonchev–Trinajstić information content (AvgIpc) is 2.85. The number of anilines is 1. The Morgan fingerprint density at radius 3 is 2.41 bits per heavy atom. The molecule has 8 nitrogen and oxygen atoms in total. The second-order valence-corrected chi connectivity index (χ2v) is 9.53. The first-order valence-corrected chi connectivity index (χ1v) is 12.4. The third kappa shape index (κ3) is 6.99. The second-order valence-electron chi connectivity index (χ2n) is 9.53. The first kappa shape index (κ1) is 26.1. The first-order valence-electron chi connectivity index (χ1n) is 12.4. The van der Waals surface area contributed by atoms with E-state index in [1.807, 2.05) is 7.05 Å². The topological polar surface area (TPSA) is 108 Å². The fraction of sp³-hybridized carbons (Fsp3) is 0.640. The maximum atomic E-state index is 14.9. The van der Waals surface area contributed by atoms with Crippen molar-refractivity contribution in [2.24, 2.45) is 11.7 Å². The lowest BCUT2D eigenvalue weighted by atomic mass is 9.84. The van der Waals surface area contributed by atoms with Crippen molar-refractivity contribution in [3.8, 4) is 0 Å². The van der Waals surface area contributed by atoms with E-state index in [9.17, 15) is 18.8 Å². The number of benzene rings is 1. The largest absolute Gasteiger partial charge is 0.344 e. The van der Waals surface area contributed by atoms with Crippen LogP contribution < -0.4 is 16.4 Å². The average molecular weight is 476 g/mol. The minimum atomic E-state index is -0.768. The summed E-state index contributed by atoms with van der Waals surface area (Å²) < 4.78 is 14.9. The fourth-order valence-corrected chi connectivity index (χ4v) is 4.69. The van der Waals surface area contributed by atoms with E-state index < -0.39 is 17.9 Å². The molecule has 1 aliphatic heterocycles. The van der Waals surface area contributed by atoms with E-state index in [2.05, 4.69) is 15.5 Å². The molecule has 188 valence electrons. The molecular weight excluding hydrogens is 437 g/mol. The monoisotopic (exact) mass is 475 g/mol. The molecule has 1 saturated heterocycles. The Labute approximate surface area is 201 Å². The maximum absolute atomic E-state index is 14.9. The molecule has 2 fully saturated rings. The van der Waals surface area contributed by atoms with Crippen molar-refractivity contribution in [1.82, 2.24) is 15.1 Å². The molecule has 2 aliphatic rings. The SMILES string of the molecule is CCC(=O)N[C@H](Cc1ccc(NC(=O)[C@@H](N)C2CCCCC2)c(F)c1)C(=O)N1CCN(C)CC1. The van der Waals surface area contributed by atoms with E-state index in [0.717, 1.165) is 45.2 Å². The normalized spacial score (nSPS) is 19.4. The van der Waals surface area contributed by atoms with Crippen LogP contribution in [0.4, 0.5) is 10.1 Å². The summed E-state index contributed by atoms with van der Waals surface area (Å²) in [6, 6.07) is 3.05. The van der Waals surface area contributed by atoms with Crippen LogP contribution in [-0.4, -0.2) is 72.8 Å². The quantitative estimate of drug-likeness (QED) is 0.532. The number of hydrogen-bond acceptors (Lipinski definition) is 5. The van der Waals surface area contributed by atoms with Gasteiger partial charge in [-0.2, -0.15) is 0 Å². The molecule has 0 unspecified atom stereocenters. The molecular formula is C25H38FN5O3. The summed E-state index contributed by atoms with van der Waals surface area (Å²) in [5.74, 6) is -1.23. The number of halogens is 1. The van der Waals surface area contributed by atoms with Gasteiger partial charge in [0.25, 0.3) is 0 Å². The van der Waals surface area contributed by atoms with Crippen molar-refractivity contribution in [3.05, 3.63) is 29.6 Å². The van der Waals surface area contributed by atoms with Gasteiger partial charge in [-0.3, -0.25) is 14.4 Å². The Balaban J connectivity index is 1.66. The number of piperazine rings is 1. The van der Waals surface area contributed by atoms with Crippen molar-refractivity contribution in [3.63, 3.8) is 0 Å². The van der Waals surface area contributed by atoms with Crippen LogP contribution in [0, 0.1) is 11.7 Å². The molecule has 9 heteroatoms. The molecule has 3 amide bonds. The smallest absolute Gasteiger partial charge is 0.245 e. The van der Waals surface area contributed by atoms with Gasteiger partial charge in [-0.15, -0.1) is 0 Å². The fourth-order valence-electron chi connectivity index (χ4n) is 4.69. The van der Waals surface area contributed by atoms with E-state index in [-0.39, 0.29) is 42.2 Å². The molecule has 3 rings (SSSR count). The molecule has 1 aromatic carbocycles. The summed E-state index contributed by atoms with van der Waals surface area (Å²) in [7, 11) is 2.00. The van der Waals surface area contributed by atoms with Crippen molar-refractivity contribution >= 4 is 23.4 Å². The molecule has 0 bridgehead atoms. The minimum absolute atomic E-state index is 0.0690. The van der Waals surface area contributed by atoms with Gasteiger partial charge in [0.1, 0.15) is 11.9 Å². The predicted octanol–water partition coefficient (Wildman–Crippen LogP) is 1.88. The Hall–Kier alpha value is -2.52. The van der Waals surface area contributed by atoms with Crippen LogP contribution >= 0.6 is 0 Å². The highest BCUT2D eigenvalue weighted by molar-refractivity contribution is 5.95. The Bertz CT molecular complexity index is 866. The summed E-state index contributed by atoms with van der Waals surface area (Å²) in [5.41, 5.74) is 6.77. The number of rotatable bonds is 8. The first-order chi connectivity index (χ1) is 16.3. The lowest BCUT2D eigenvalue weighted by Crippen LogP contribution is -2.54. The molecule has 1 heterocycles. The van der Waals surface area contributed by atoms with Crippen LogP contribution in [0.1, 0.15) is 51.0 Å². The molecule has 4 N–H and O–H groups in total. The van der Waals surface area contributed by atoms with Crippen molar-refractivity contribution in [2.75, 3.05) is 38.5 Å². The summed E-state index contributed by atoms with van der Waals surface area (Å²) in [5, 5.41) is 5.41. The number of nitrogens with zero attached hydrogens (tertiary/aromatic N) is 2. The van der Waals surface area contributed by atoms with Crippen LogP contribution in [0.3, 0.4) is 0 Å². The summed E-state index contributed by atoms with van der Waals surface area (Å²) in [6.07, 6.45) is 5.56. The number of amides is 3. The van der Waals surface area contributed by atoms with Gasteiger partial charge < -0.3 is 26.2 Å². The molecule has 34 heavy (non-hydrogen) atoms. The van der Waals surface area contributed by atoms with Gasteiger partial charge in [0.05, 0.1) is 11.7 Å². The molecule has 0 radical (unpaired) electrons. The van der Waals surface area contributed by atoms with Gasteiger partial charge in [-0.05, 0) is 43.5 Å². The zero-order chi connectivity index (χ0) is 24.7. The highest BCUT2D eigenvalue weighted by atomic mass is 19.1. The third-order valence-electron chi connectivity index (χ3n) is 6.96. The lowest BCUT2D eigenvalue weighted by Gasteiger charge is -2.34. The lowest BCUT2D eigenvalue weighted by molar-refractivity contribution is -0.137. The van der Waals surface area contributed by atoms with E-state index in [0.29, 0.717) is 18.7 Å². The Kier molecular flexibility index (Phi) is 9.41. The van der Waals surface area contributed by atoms with E-state index in [1.165, 1.54) is 12.1 Å². The molecule has 0 spiro atoms. The predicted molar refractivity (Wildman–Crippen MR) is 130 cm³/mol. The maximum Gasteiger partial charge on any atom is 0.245 e. The number of hydrogen-bond donors (Lipinski definition) is 3. The summed E-state index contributed by atoms with van der Waals surface area (Å²) >= 11 is 0. The van der Waals surface area contributed by atoms with Crippen molar-refractivity contribution < 1.29 is 18.8 Å². The molecule has 1 aromatic rings. The van der Waals surface area contributed by atoms with Gasteiger partial charge in [0.2, 0.25) is 17.7 Å². The van der Waals surface area contributed by atoms with Crippen LogP contribution in [0.15, 0.2) is 18.2 Å². The van der Waals surface area contributed by atoms with Gasteiger partial charge in [0.15, 0.2) is 0 Å². The van der Waals surface area contributed by atoms with Crippen LogP contribution in [-0.2, 0) is 20.8 Å². The van der Waals surface area contributed by atoms with E-state index in [1.54, 1.807) is 17.9 Å². The third-order valence-corrected chi connectivity index (χ3v) is 6.96. The highest BCUT2D eigenvalue weighted by Crippen LogP contribution is 2.26. The summed E-state index contributed by atoms with van der Waals surface area (Å²) in [4.78, 5) is 41.6. The molecule has 1 aliphatic carbocycles. The van der Waals surface area contributed by atoms with Gasteiger partial charge >= 0.3 is 0 Å². The highest BCUT2D eigenvalue weighted by Gasteiger charge is 2.29. The van der Waals surface area contributed by atoms with Crippen LogP contribution in [0.25, 0.3) is 0 Å². The standard InChI is InChI=1S/C25H38FN5O3/c1-3-22(32)28-21(25(34)31-13-11-30(2)12-14-31)16-17-9-10-20(19(26)15-17)29-24(33)23(27)18-7-5-4-6-8-18/h9-10,15,18,21,23H,3-8,11-14,16,27H2,1-2H3,(H,28,32)(H,29,33)/t21-,23+/m1/s1. The van der Waals surface area contributed by atoms with Gasteiger partial charge in [0, 0.05) is 39.0 Å². The number of nitrogens with two attached hydrogens (primary N) is 1. The van der Waals surface area contributed by atoms with Crippen molar-refractivity contribution in [2.45, 2.75) is 64.0 Å². The number of carbonyl (C=O) groups excluding carboxylic acids is 3. The second kappa shape index (κ2) is 12.3. The van der Waals surface area contributed by atoms with Gasteiger partial charge in [-0.1, -0.05) is 32.3 Å². The van der Waals surface area contributed by atoms with E-state index in [4.69, 9.17) is 5.73 Å².